The van der Waals surface area contributed by atoms with Crippen molar-refractivity contribution in [3.8, 4) is 0 Å². The molecule has 2 aliphatic rings. The van der Waals surface area contributed by atoms with Gasteiger partial charge in [0.25, 0.3) is 0 Å². The van der Waals surface area contributed by atoms with Gasteiger partial charge in [0.1, 0.15) is 6.04 Å². The zero-order chi connectivity index (χ0) is 11.7. The number of carboxylic acid groups (broad SMARTS) is 1. The summed E-state index contributed by atoms with van der Waals surface area (Å²) in [7, 11) is 0. The largest absolute Gasteiger partial charge is 0.480 e. The fraction of sp³-hybridized carbons (Fsp3) is 0.818. The summed E-state index contributed by atoms with van der Waals surface area (Å²) in [5.41, 5.74) is 0. The minimum absolute atomic E-state index is 0.0350. The van der Waals surface area contributed by atoms with E-state index in [4.69, 9.17) is 10.2 Å². The number of rotatable bonds is 4. The van der Waals surface area contributed by atoms with Gasteiger partial charge in [-0.05, 0) is 31.1 Å². The van der Waals surface area contributed by atoms with Crippen LogP contribution in [0.3, 0.4) is 0 Å². The molecule has 3 unspecified atom stereocenters. The molecular weight excluding hydrogens is 210 g/mol. The van der Waals surface area contributed by atoms with Crippen molar-refractivity contribution >= 4 is 11.9 Å². The number of aliphatic hydroxyl groups excluding tert-OH is 1. The lowest BCUT2D eigenvalue weighted by Crippen LogP contribution is -2.46. The van der Waals surface area contributed by atoms with Gasteiger partial charge in [0.05, 0.1) is 6.61 Å². The zero-order valence-electron chi connectivity index (χ0n) is 9.06. The van der Waals surface area contributed by atoms with Gasteiger partial charge in [-0.15, -0.1) is 0 Å². The first-order chi connectivity index (χ1) is 7.61. The fourth-order valence-corrected chi connectivity index (χ4v) is 3.03. The molecule has 0 aliphatic heterocycles. The Morgan fingerprint density at radius 2 is 2.06 bits per heavy atom. The molecule has 0 radical (unpaired) electrons. The second-order valence-electron chi connectivity index (χ2n) is 4.86. The molecule has 2 fully saturated rings. The standard InChI is InChI=1S/C11H17NO4/c13-5-9(11(15)16)12-10(14)8-4-6-1-2-7(8)3-6/h6-9,13H,1-5H2,(H,12,14)(H,15,16)/t6?,7?,8?,9-/m1/s1. The molecule has 0 aromatic heterocycles. The number of hydrogen-bond donors (Lipinski definition) is 3. The van der Waals surface area contributed by atoms with Crippen molar-refractivity contribution in [1.82, 2.24) is 5.32 Å². The Labute approximate surface area is 93.8 Å². The zero-order valence-corrected chi connectivity index (χ0v) is 9.06. The molecule has 5 nitrogen and oxygen atoms in total. The molecule has 4 atom stereocenters. The van der Waals surface area contributed by atoms with Crippen molar-refractivity contribution in [3.63, 3.8) is 0 Å². The van der Waals surface area contributed by atoms with Crippen LogP contribution < -0.4 is 5.32 Å². The molecule has 0 saturated heterocycles. The molecular formula is C11H17NO4. The number of fused-ring (bicyclic) bond motifs is 2. The highest BCUT2D eigenvalue weighted by atomic mass is 16.4. The number of aliphatic hydroxyl groups is 1. The summed E-state index contributed by atoms with van der Waals surface area (Å²) in [6.45, 7) is -0.554. The van der Waals surface area contributed by atoms with E-state index in [2.05, 4.69) is 5.32 Å². The molecule has 16 heavy (non-hydrogen) atoms. The van der Waals surface area contributed by atoms with Crippen molar-refractivity contribution in [2.45, 2.75) is 31.7 Å². The predicted octanol–water partition coefficient (Wildman–Crippen LogP) is -0.0157. The Hall–Kier alpha value is -1.10. The van der Waals surface area contributed by atoms with E-state index >= 15 is 0 Å². The molecule has 1 amide bonds. The second kappa shape index (κ2) is 4.41. The number of hydrogen-bond acceptors (Lipinski definition) is 3. The van der Waals surface area contributed by atoms with Crippen molar-refractivity contribution in [2.75, 3.05) is 6.61 Å². The monoisotopic (exact) mass is 227 g/mol. The number of carbonyl (C=O) groups is 2. The normalized spacial score (nSPS) is 33.7. The number of carboxylic acids is 1. The fourth-order valence-electron chi connectivity index (χ4n) is 3.03. The maximum absolute atomic E-state index is 11.8. The third-order valence-electron chi connectivity index (χ3n) is 3.87. The highest BCUT2D eigenvalue weighted by Gasteiger charge is 2.43. The highest BCUT2D eigenvalue weighted by molar-refractivity contribution is 5.85. The average Bonchev–Trinajstić information content (AvgIpc) is 2.86. The van der Waals surface area contributed by atoms with Gasteiger partial charge in [-0.25, -0.2) is 4.79 Å². The van der Waals surface area contributed by atoms with Crippen LogP contribution >= 0.6 is 0 Å². The predicted molar refractivity (Wildman–Crippen MR) is 55.6 cm³/mol. The maximum Gasteiger partial charge on any atom is 0.328 e. The average molecular weight is 227 g/mol. The molecule has 2 saturated carbocycles. The van der Waals surface area contributed by atoms with E-state index < -0.39 is 18.6 Å². The summed E-state index contributed by atoms with van der Waals surface area (Å²) in [5, 5.41) is 20.0. The number of amides is 1. The van der Waals surface area contributed by atoms with Crippen molar-refractivity contribution in [3.05, 3.63) is 0 Å². The molecule has 0 spiro atoms. The SMILES string of the molecule is O=C(N[C@H](CO)C(=O)O)C1CC2CCC1C2. The minimum atomic E-state index is -1.18. The van der Waals surface area contributed by atoms with Gasteiger partial charge in [0.15, 0.2) is 0 Å². The highest BCUT2D eigenvalue weighted by Crippen LogP contribution is 2.48. The van der Waals surface area contributed by atoms with Gasteiger partial charge < -0.3 is 15.5 Å². The van der Waals surface area contributed by atoms with E-state index in [-0.39, 0.29) is 11.8 Å². The van der Waals surface area contributed by atoms with Gasteiger partial charge in [-0.3, -0.25) is 4.79 Å². The van der Waals surface area contributed by atoms with Crippen LogP contribution in [0.25, 0.3) is 0 Å². The lowest BCUT2D eigenvalue weighted by Gasteiger charge is -2.22. The topological polar surface area (TPSA) is 86.6 Å². The summed E-state index contributed by atoms with van der Waals surface area (Å²) in [5.74, 6) is -0.337. The Balaban J connectivity index is 1.90. The third-order valence-corrected chi connectivity index (χ3v) is 3.87. The summed E-state index contributed by atoms with van der Waals surface area (Å²) in [6, 6.07) is -1.16. The van der Waals surface area contributed by atoms with Gasteiger partial charge in [0.2, 0.25) is 5.91 Å². The molecule has 0 aromatic rings. The van der Waals surface area contributed by atoms with Crippen LogP contribution in [-0.2, 0) is 9.59 Å². The molecule has 2 aliphatic carbocycles. The number of nitrogens with one attached hydrogen (secondary N) is 1. The Bertz CT molecular complexity index is 304. The van der Waals surface area contributed by atoms with E-state index in [1.165, 1.54) is 6.42 Å². The first kappa shape index (κ1) is 11.4. The van der Waals surface area contributed by atoms with Crippen LogP contribution in [0, 0.1) is 17.8 Å². The lowest BCUT2D eigenvalue weighted by atomic mass is 9.88. The minimum Gasteiger partial charge on any atom is -0.480 e. The van der Waals surface area contributed by atoms with Gasteiger partial charge in [0, 0.05) is 5.92 Å². The maximum atomic E-state index is 11.8. The first-order valence-electron chi connectivity index (χ1n) is 5.76. The van der Waals surface area contributed by atoms with E-state index in [0.717, 1.165) is 19.3 Å². The van der Waals surface area contributed by atoms with E-state index in [0.29, 0.717) is 11.8 Å². The summed E-state index contributed by atoms with van der Waals surface area (Å²) >= 11 is 0. The van der Waals surface area contributed by atoms with Crippen LogP contribution in [0.15, 0.2) is 0 Å². The Kier molecular flexibility index (Phi) is 3.14. The van der Waals surface area contributed by atoms with Crippen LogP contribution in [0.5, 0.6) is 0 Å². The summed E-state index contributed by atoms with van der Waals surface area (Å²) in [6.07, 6.45) is 4.28. The van der Waals surface area contributed by atoms with Gasteiger partial charge >= 0.3 is 5.97 Å². The lowest BCUT2D eigenvalue weighted by molar-refractivity contribution is -0.143. The van der Waals surface area contributed by atoms with E-state index in [1.807, 2.05) is 0 Å². The Morgan fingerprint density at radius 1 is 1.31 bits per heavy atom. The molecule has 0 heterocycles. The van der Waals surface area contributed by atoms with Gasteiger partial charge in [-0.2, -0.15) is 0 Å². The van der Waals surface area contributed by atoms with Crippen molar-refractivity contribution in [1.29, 1.82) is 0 Å². The van der Waals surface area contributed by atoms with Crippen LogP contribution in [-0.4, -0.2) is 34.7 Å². The summed E-state index contributed by atoms with van der Waals surface area (Å²) < 4.78 is 0. The molecule has 90 valence electrons. The molecule has 2 bridgehead atoms. The van der Waals surface area contributed by atoms with Crippen LogP contribution in [0.2, 0.25) is 0 Å². The van der Waals surface area contributed by atoms with Crippen LogP contribution in [0.4, 0.5) is 0 Å². The van der Waals surface area contributed by atoms with Crippen molar-refractivity contribution < 1.29 is 19.8 Å². The number of aliphatic carboxylic acids is 1. The molecule has 0 aromatic carbocycles. The summed E-state index contributed by atoms with van der Waals surface area (Å²) in [4.78, 5) is 22.5. The van der Waals surface area contributed by atoms with Crippen LogP contribution in [0.1, 0.15) is 25.7 Å². The molecule has 3 N–H and O–H groups in total. The van der Waals surface area contributed by atoms with E-state index in [1.54, 1.807) is 0 Å². The molecule has 5 heteroatoms. The van der Waals surface area contributed by atoms with Gasteiger partial charge in [-0.1, -0.05) is 6.42 Å². The second-order valence-corrected chi connectivity index (χ2v) is 4.86. The third kappa shape index (κ3) is 2.04. The quantitative estimate of drug-likeness (QED) is 0.630. The number of carbonyl (C=O) groups excluding carboxylic acids is 1. The van der Waals surface area contributed by atoms with Crippen molar-refractivity contribution in [2.24, 2.45) is 17.8 Å². The first-order valence-corrected chi connectivity index (χ1v) is 5.76. The smallest absolute Gasteiger partial charge is 0.328 e. The molecule has 2 rings (SSSR count). The Morgan fingerprint density at radius 3 is 2.50 bits per heavy atom. The van der Waals surface area contributed by atoms with E-state index in [9.17, 15) is 9.59 Å².